The van der Waals surface area contributed by atoms with E-state index < -0.39 is 105 Å². The molecular formula is C67H66N2O12. The minimum atomic E-state index is -1.61. The van der Waals surface area contributed by atoms with Gasteiger partial charge in [-0.2, -0.15) is 0 Å². The smallest absolute Gasteiger partial charge is 0.339 e. The Balaban J connectivity index is 0.814. The number of esters is 4. The number of hydrogen-bond donors (Lipinski definition) is 0. The van der Waals surface area contributed by atoms with E-state index in [1.54, 1.807) is 0 Å². The second kappa shape index (κ2) is 15.8. The average Bonchev–Trinajstić information content (AvgIpc) is 1.57. The fourth-order valence-corrected chi connectivity index (χ4v) is 24.7. The van der Waals surface area contributed by atoms with Gasteiger partial charge in [0.15, 0.2) is 22.4 Å². The summed E-state index contributed by atoms with van der Waals surface area (Å²) in [6.07, 6.45) is 2.08. The molecule has 0 N–H and O–H groups in total. The lowest BCUT2D eigenvalue weighted by Gasteiger charge is -2.58. The number of benzene rings is 4. The Bertz CT molecular complexity index is 3090. The molecule has 6 saturated carbocycles. The van der Waals surface area contributed by atoms with Gasteiger partial charge in [-0.25, -0.2) is 19.2 Å². The van der Waals surface area contributed by atoms with Gasteiger partial charge in [0, 0.05) is 58.5 Å². The maximum Gasteiger partial charge on any atom is 0.339 e. The molecule has 14 nitrogen and oxygen atoms in total. The van der Waals surface area contributed by atoms with E-state index in [-0.39, 0.29) is 110 Å². The zero-order valence-corrected chi connectivity index (χ0v) is 45.8. The Hall–Kier alpha value is -6.38. The van der Waals surface area contributed by atoms with Gasteiger partial charge >= 0.3 is 23.9 Å². The van der Waals surface area contributed by atoms with Gasteiger partial charge in [-0.15, -0.1) is 0 Å². The standard InChI is InChI=1S/C67H66N2O12/c1-5-76-60(72)64-46-36-27-37(43-42(36)54-32-23-15-16-24-33(32)55(43)68(54)58(70)30-19-11-9-12-20-30)47(46)65(80-64,61(73)77-6-2)51-41-29-40(50(51)64)52-53(41)67(63(75)79-8-4)49-39-28-38(48(49)66(52,81-67)62(74)78-7-3)44-45(39)57-35-26-18-17-25-34(35)56(44)69(57)59(71)31-21-13-10-14-22-31/h9-26,36-57H,5-8,27-29H2,1-4H3. The van der Waals surface area contributed by atoms with Crippen LogP contribution in [0.4, 0.5) is 0 Å². The molecule has 4 aromatic carbocycles. The molecule has 14 bridgehead atoms. The van der Waals surface area contributed by atoms with Crippen molar-refractivity contribution in [3.05, 3.63) is 143 Å². The van der Waals surface area contributed by atoms with Crippen LogP contribution in [0.1, 0.15) is 114 Å². The van der Waals surface area contributed by atoms with E-state index in [2.05, 4.69) is 58.3 Å². The highest BCUT2D eigenvalue weighted by Gasteiger charge is 2.98. The van der Waals surface area contributed by atoms with Crippen molar-refractivity contribution in [2.75, 3.05) is 26.4 Å². The molecule has 8 aliphatic heterocycles. The molecule has 6 aliphatic carbocycles. The van der Waals surface area contributed by atoms with E-state index in [1.807, 2.05) is 88.4 Å². The minimum Gasteiger partial charge on any atom is -0.464 e. The summed E-state index contributed by atoms with van der Waals surface area (Å²) in [6.45, 7) is 7.62. The lowest BCUT2D eigenvalue weighted by atomic mass is 9.41. The molecule has 18 rings (SSSR count). The largest absolute Gasteiger partial charge is 0.464 e. The summed E-state index contributed by atoms with van der Waals surface area (Å²) in [7, 11) is 0. The third-order valence-corrected chi connectivity index (χ3v) is 25.2. The van der Waals surface area contributed by atoms with Crippen LogP contribution in [0.2, 0.25) is 0 Å². The van der Waals surface area contributed by atoms with Gasteiger partial charge in [0.2, 0.25) is 0 Å². The first-order chi connectivity index (χ1) is 39.5. The lowest BCUT2D eigenvalue weighted by molar-refractivity contribution is -0.195. The first-order valence-corrected chi connectivity index (χ1v) is 30.5. The van der Waals surface area contributed by atoms with Crippen LogP contribution in [0.3, 0.4) is 0 Å². The molecule has 14 aliphatic rings. The second-order valence-corrected chi connectivity index (χ2v) is 26.7. The second-order valence-electron chi connectivity index (χ2n) is 26.7. The molecule has 12 fully saturated rings. The molecule has 0 spiro atoms. The van der Waals surface area contributed by atoms with Crippen LogP contribution in [-0.2, 0) is 47.6 Å². The van der Waals surface area contributed by atoms with Gasteiger partial charge in [-0.3, -0.25) is 9.59 Å². The highest BCUT2D eigenvalue weighted by Crippen LogP contribution is 2.91. The Kier molecular flexibility index (Phi) is 9.41. The van der Waals surface area contributed by atoms with Gasteiger partial charge < -0.3 is 38.2 Å². The Labute approximate surface area is 469 Å². The summed E-state index contributed by atoms with van der Waals surface area (Å²) >= 11 is 0. The maximum atomic E-state index is 16.0. The quantitative estimate of drug-likeness (QED) is 0.110. The van der Waals surface area contributed by atoms with E-state index in [1.165, 1.54) is 0 Å². The van der Waals surface area contributed by atoms with Crippen LogP contribution >= 0.6 is 0 Å². The zero-order valence-electron chi connectivity index (χ0n) is 45.8. The van der Waals surface area contributed by atoms with Crippen LogP contribution in [-0.4, -0.2) is 94.3 Å². The van der Waals surface area contributed by atoms with Crippen molar-refractivity contribution in [1.82, 2.24) is 9.80 Å². The summed E-state index contributed by atoms with van der Waals surface area (Å²) in [5, 5.41) is 0. The monoisotopic (exact) mass is 1090 g/mol. The average molecular weight is 1090 g/mol. The van der Waals surface area contributed by atoms with Crippen molar-refractivity contribution in [3.8, 4) is 0 Å². The minimum absolute atomic E-state index is 0.0196. The van der Waals surface area contributed by atoms with E-state index in [9.17, 15) is 0 Å². The summed E-state index contributed by atoms with van der Waals surface area (Å²) < 4.78 is 41.0. The van der Waals surface area contributed by atoms with E-state index >= 15 is 28.8 Å². The number of carbonyl (C=O) groups excluding carboxylic acids is 6. The number of rotatable bonds is 10. The predicted molar refractivity (Wildman–Crippen MR) is 285 cm³/mol. The van der Waals surface area contributed by atoms with Crippen molar-refractivity contribution in [3.63, 3.8) is 0 Å². The highest BCUT2D eigenvalue weighted by atomic mass is 16.6. The number of ether oxygens (including phenoxy) is 6. The Morgan fingerprint density at radius 2 is 0.605 bits per heavy atom. The first kappa shape index (κ1) is 48.2. The van der Waals surface area contributed by atoms with Gasteiger partial charge in [0.05, 0.1) is 50.6 Å². The van der Waals surface area contributed by atoms with E-state index in [4.69, 9.17) is 28.4 Å². The summed E-state index contributed by atoms with van der Waals surface area (Å²) in [6, 6.07) is 34.9. The molecule has 14 heteroatoms. The van der Waals surface area contributed by atoms with Crippen molar-refractivity contribution in [1.29, 1.82) is 0 Å². The van der Waals surface area contributed by atoms with Crippen molar-refractivity contribution in [2.24, 2.45) is 107 Å². The third kappa shape index (κ3) is 4.97. The van der Waals surface area contributed by atoms with Crippen LogP contribution in [0.5, 0.6) is 0 Å². The Morgan fingerprint density at radius 3 is 0.864 bits per heavy atom. The molecule has 8 heterocycles. The van der Waals surface area contributed by atoms with Crippen LogP contribution in [0.25, 0.3) is 0 Å². The SMILES string of the molecule is CCOC(=O)C12OC(C(=O)OCC)(C3C4CC(C5C4C4c6ccccc6C5N4C(=O)c4ccccc4)C31)C1C3CC(C12)C1C3C2(C(=O)OCC)OC1(C(=O)OCC)C1C3CC(C4C3C3c5ccccc5C4N3C(=O)c3ccccc3)C12. The van der Waals surface area contributed by atoms with Crippen LogP contribution < -0.4 is 0 Å². The topological polar surface area (TPSA) is 164 Å². The van der Waals surface area contributed by atoms with Crippen molar-refractivity contribution < 1.29 is 57.2 Å². The number of amides is 2. The van der Waals surface area contributed by atoms with Gasteiger partial charge in [0.25, 0.3) is 11.8 Å². The van der Waals surface area contributed by atoms with Crippen molar-refractivity contribution in [2.45, 2.75) is 93.5 Å². The molecule has 4 aromatic rings. The number of nitrogens with zero attached hydrogens (tertiary/aromatic N) is 2. The highest BCUT2D eigenvalue weighted by molar-refractivity contribution is 5.97. The van der Waals surface area contributed by atoms with Crippen LogP contribution in [0, 0.1) is 107 Å². The third-order valence-electron chi connectivity index (χ3n) is 25.2. The fraction of sp³-hybridized carbons (Fsp3) is 0.552. The summed E-state index contributed by atoms with van der Waals surface area (Å²) in [5.41, 5.74) is -0.623. The van der Waals surface area contributed by atoms with Crippen molar-refractivity contribution >= 4 is 35.7 Å². The number of fused-ring (bicyclic) bond motifs is 50. The number of carbonyl (C=O) groups is 6. The van der Waals surface area contributed by atoms with Gasteiger partial charge in [-0.05, 0) is 153 Å². The molecular weight excluding hydrogens is 1020 g/mol. The Morgan fingerprint density at radius 1 is 0.370 bits per heavy atom. The molecule has 0 radical (unpaired) electrons. The first-order valence-electron chi connectivity index (χ1n) is 30.5. The fourth-order valence-electron chi connectivity index (χ4n) is 24.7. The molecule has 81 heavy (non-hydrogen) atoms. The van der Waals surface area contributed by atoms with E-state index in [0.717, 1.165) is 35.1 Å². The van der Waals surface area contributed by atoms with Gasteiger partial charge in [0.1, 0.15) is 0 Å². The molecule has 0 aromatic heterocycles. The van der Waals surface area contributed by atoms with Gasteiger partial charge in [-0.1, -0.05) is 84.9 Å². The zero-order chi connectivity index (χ0) is 54.7. The molecule has 2 amide bonds. The van der Waals surface area contributed by atoms with Crippen LogP contribution in [0.15, 0.2) is 109 Å². The molecule has 416 valence electrons. The predicted octanol–water partition coefficient (Wildman–Crippen LogP) is 8.53. The van der Waals surface area contributed by atoms with E-state index in [0.29, 0.717) is 17.5 Å². The lowest BCUT2D eigenvalue weighted by Crippen LogP contribution is -2.69. The molecule has 24 atom stereocenters. The summed E-state index contributed by atoms with van der Waals surface area (Å²) in [4.78, 5) is 98.4. The molecule has 6 saturated heterocycles. The summed E-state index contributed by atoms with van der Waals surface area (Å²) in [5.74, 6) is -7.57. The maximum absolute atomic E-state index is 16.0. The normalized spacial score (nSPS) is 46.9. The number of hydrogen-bond acceptors (Lipinski definition) is 12. The molecule has 24 unspecified atom stereocenters.